The summed E-state index contributed by atoms with van der Waals surface area (Å²) in [5, 5.41) is 0. The molecule has 6 nitrogen and oxygen atoms in total. The lowest BCUT2D eigenvalue weighted by atomic mass is 10.1. The van der Waals surface area contributed by atoms with E-state index in [2.05, 4.69) is 4.72 Å². The largest absolute Gasteiger partial charge is 0.383 e. The molecular weight excluding hydrogens is 266 g/mol. The number of likely N-dealkylation sites (N-methyl/N-ethyl adjacent to an activating group) is 1. The predicted octanol–water partition coefficient (Wildman–Crippen LogP) is 0.0990. The van der Waals surface area contributed by atoms with E-state index in [1.165, 1.54) is 18.5 Å². The Kier molecular flexibility index (Phi) is 6.40. The Morgan fingerprint density at radius 2 is 2.00 bits per heavy atom. The van der Waals surface area contributed by atoms with Crippen molar-refractivity contribution in [3.8, 4) is 0 Å². The van der Waals surface area contributed by atoms with E-state index in [1.54, 1.807) is 0 Å². The number of methoxy groups -OCH3 is 1. The maximum atomic E-state index is 11.9. The Balaban J connectivity index is 2.51. The van der Waals surface area contributed by atoms with Crippen LogP contribution >= 0.6 is 0 Å². The molecule has 1 atom stereocenters. The van der Waals surface area contributed by atoms with Crippen molar-refractivity contribution in [3.63, 3.8) is 0 Å². The van der Waals surface area contributed by atoms with E-state index in [9.17, 15) is 8.42 Å². The summed E-state index contributed by atoms with van der Waals surface area (Å²) in [7, 11) is -0.490. The van der Waals surface area contributed by atoms with Gasteiger partial charge in [-0.15, -0.1) is 0 Å². The summed E-state index contributed by atoms with van der Waals surface area (Å²) in [6, 6.07) is 9.00. The number of nitrogens with two attached hydrogens (primary N) is 1. The van der Waals surface area contributed by atoms with Gasteiger partial charge in [0, 0.05) is 33.3 Å². The molecule has 1 rings (SSSR count). The van der Waals surface area contributed by atoms with Crippen LogP contribution < -0.4 is 10.5 Å². The highest BCUT2D eigenvalue weighted by Gasteiger charge is 2.18. The van der Waals surface area contributed by atoms with Crippen LogP contribution in [0.1, 0.15) is 11.6 Å². The molecule has 3 N–H and O–H groups in total. The summed E-state index contributed by atoms with van der Waals surface area (Å²) < 4.78 is 32.3. The monoisotopic (exact) mass is 287 g/mol. The average molecular weight is 287 g/mol. The molecule has 7 heteroatoms. The van der Waals surface area contributed by atoms with Crippen molar-refractivity contribution in [2.45, 2.75) is 6.04 Å². The van der Waals surface area contributed by atoms with Crippen LogP contribution in [-0.4, -0.2) is 46.6 Å². The third-order valence-electron chi connectivity index (χ3n) is 2.73. The van der Waals surface area contributed by atoms with Crippen LogP contribution in [0.4, 0.5) is 0 Å². The second-order valence-electron chi connectivity index (χ2n) is 4.19. The summed E-state index contributed by atoms with van der Waals surface area (Å²) in [5.41, 5.74) is 6.83. The van der Waals surface area contributed by atoms with Gasteiger partial charge in [-0.2, -0.15) is 12.7 Å². The van der Waals surface area contributed by atoms with Gasteiger partial charge in [-0.1, -0.05) is 30.3 Å². The van der Waals surface area contributed by atoms with Gasteiger partial charge in [-0.25, -0.2) is 4.72 Å². The van der Waals surface area contributed by atoms with Crippen LogP contribution in [0.2, 0.25) is 0 Å². The number of nitrogens with one attached hydrogen (secondary N) is 1. The average Bonchev–Trinajstić information content (AvgIpc) is 2.43. The summed E-state index contributed by atoms with van der Waals surface area (Å²) in [4.78, 5) is 0. The minimum Gasteiger partial charge on any atom is -0.383 e. The van der Waals surface area contributed by atoms with Gasteiger partial charge in [-0.3, -0.25) is 0 Å². The van der Waals surface area contributed by atoms with E-state index < -0.39 is 10.2 Å². The minimum absolute atomic E-state index is 0.156. The fourth-order valence-electron chi connectivity index (χ4n) is 1.46. The Morgan fingerprint density at radius 3 is 2.58 bits per heavy atom. The smallest absolute Gasteiger partial charge is 0.279 e. The highest BCUT2D eigenvalue weighted by atomic mass is 32.2. The standard InChI is InChI=1S/C12H21N3O3S/c1-15(8-9-18-2)19(16,17)14-10-12(13)11-6-4-3-5-7-11/h3-7,12,14H,8-10,13H2,1-2H3. The number of hydrogen-bond donors (Lipinski definition) is 2. The third kappa shape index (κ3) is 5.25. The molecule has 0 radical (unpaired) electrons. The zero-order valence-corrected chi connectivity index (χ0v) is 12.1. The molecule has 0 fully saturated rings. The summed E-state index contributed by atoms with van der Waals surface area (Å²) >= 11 is 0. The van der Waals surface area contributed by atoms with Crippen LogP contribution in [0, 0.1) is 0 Å². The van der Waals surface area contributed by atoms with Gasteiger partial charge in [-0.05, 0) is 5.56 Å². The molecule has 0 aliphatic rings. The second kappa shape index (κ2) is 7.56. The lowest BCUT2D eigenvalue weighted by Crippen LogP contribution is -2.42. The van der Waals surface area contributed by atoms with Crippen molar-refractivity contribution in [3.05, 3.63) is 35.9 Å². The zero-order valence-electron chi connectivity index (χ0n) is 11.2. The molecule has 0 saturated carbocycles. The van der Waals surface area contributed by atoms with Crippen LogP contribution in [0.5, 0.6) is 0 Å². The van der Waals surface area contributed by atoms with Crippen molar-refractivity contribution < 1.29 is 13.2 Å². The minimum atomic E-state index is -3.51. The van der Waals surface area contributed by atoms with Gasteiger partial charge in [0.05, 0.1) is 6.61 Å². The lowest BCUT2D eigenvalue weighted by Gasteiger charge is -2.19. The van der Waals surface area contributed by atoms with E-state index in [0.717, 1.165) is 5.56 Å². The Morgan fingerprint density at radius 1 is 1.37 bits per heavy atom. The molecule has 0 bridgehead atoms. The van der Waals surface area contributed by atoms with E-state index in [-0.39, 0.29) is 12.6 Å². The molecule has 0 amide bonds. The van der Waals surface area contributed by atoms with Crippen molar-refractivity contribution in [2.24, 2.45) is 5.73 Å². The molecule has 1 aromatic carbocycles. The Hall–Kier alpha value is -0.990. The summed E-state index contributed by atoms with van der Waals surface area (Å²) in [6.07, 6.45) is 0. The van der Waals surface area contributed by atoms with E-state index in [1.807, 2.05) is 30.3 Å². The highest BCUT2D eigenvalue weighted by molar-refractivity contribution is 7.87. The molecule has 1 aromatic rings. The van der Waals surface area contributed by atoms with Crippen molar-refractivity contribution in [1.29, 1.82) is 0 Å². The first kappa shape index (κ1) is 16.1. The Labute approximate surface area is 114 Å². The quantitative estimate of drug-likeness (QED) is 0.710. The first-order valence-corrected chi connectivity index (χ1v) is 7.41. The topological polar surface area (TPSA) is 84.7 Å². The molecule has 0 aliphatic carbocycles. The molecule has 0 aliphatic heterocycles. The molecule has 19 heavy (non-hydrogen) atoms. The predicted molar refractivity (Wildman–Crippen MR) is 74.8 cm³/mol. The SMILES string of the molecule is COCCN(C)S(=O)(=O)NCC(N)c1ccccc1. The van der Waals surface area contributed by atoms with Crippen molar-refractivity contribution >= 4 is 10.2 Å². The number of benzene rings is 1. The summed E-state index contributed by atoms with van der Waals surface area (Å²) in [6.45, 7) is 0.804. The van der Waals surface area contributed by atoms with E-state index in [0.29, 0.717) is 13.2 Å². The molecule has 1 unspecified atom stereocenters. The normalized spacial score (nSPS) is 13.7. The van der Waals surface area contributed by atoms with Gasteiger partial charge in [0.2, 0.25) is 0 Å². The second-order valence-corrected chi connectivity index (χ2v) is 6.05. The molecule has 0 heterocycles. The third-order valence-corrected chi connectivity index (χ3v) is 4.27. The number of nitrogens with zero attached hydrogens (tertiary/aromatic N) is 1. The first-order valence-electron chi connectivity index (χ1n) is 5.97. The van der Waals surface area contributed by atoms with Crippen LogP contribution in [-0.2, 0) is 14.9 Å². The van der Waals surface area contributed by atoms with Crippen LogP contribution in [0.15, 0.2) is 30.3 Å². The maximum absolute atomic E-state index is 11.9. The zero-order chi connectivity index (χ0) is 14.3. The van der Waals surface area contributed by atoms with Crippen LogP contribution in [0.25, 0.3) is 0 Å². The number of rotatable bonds is 8. The molecule has 0 spiro atoms. The summed E-state index contributed by atoms with van der Waals surface area (Å²) in [5.74, 6) is 0. The number of hydrogen-bond acceptors (Lipinski definition) is 4. The lowest BCUT2D eigenvalue weighted by molar-refractivity contribution is 0.184. The highest BCUT2D eigenvalue weighted by Crippen LogP contribution is 2.08. The van der Waals surface area contributed by atoms with Crippen molar-refractivity contribution in [2.75, 3.05) is 33.9 Å². The van der Waals surface area contributed by atoms with Gasteiger partial charge in [0.1, 0.15) is 0 Å². The van der Waals surface area contributed by atoms with Crippen molar-refractivity contribution in [1.82, 2.24) is 9.03 Å². The first-order chi connectivity index (χ1) is 8.97. The van der Waals surface area contributed by atoms with Gasteiger partial charge >= 0.3 is 0 Å². The molecular formula is C12H21N3O3S. The van der Waals surface area contributed by atoms with E-state index >= 15 is 0 Å². The fraction of sp³-hybridized carbons (Fsp3) is 0.500. The molecule has 108 valence electrons. The van der Waals surface area contributed by atoms with Crippen LogP contribution in [0.3, 0.4) is 0 Å². The fourth-order valence-corrected chi connectivity index (χ4v) is 2.39. The van der Waals surface area contributed by atoms with E-state index in [4.69, 9.17) is 10.5 Å². The molecule has 0 saturated heterocycles. The van der Waals surface area contributed by atoms with Gasteiger partial charge in [0.15, 0.2) is 0 Å². The van der Waals surface area contributed by atoms with Gasteiger partial charge < -0.3 is 10.5 Å². The number of ether oxygens (including phenoxy) is 1. The maximum Gasteiger partial charge on any atom is 0.279 e. The molecule has 0 aromatic heterocycles. The van der Waals surface area contributed by atoms with Gasteiger partial charge in [0.25, 0.3) is 10.2 Å². The Bertz CT molecular complexity index is 464.